The standard InChI is InChI=1S/C22H22N2O/c1-5-24(6-2)17-8-9-18-16(13-17)7-10-19-22(18)25-20-12-14(3)11-15(4)21(20)23-19/h7-13H,3,5-6H2,1-2,4H3. The Hall–Kier alpha value is -2.81. The first-order valence-electron chi connectivity index (χ1n) is 8.78. The zero-order valence-corrected chi connectivity index (χ0v) is 15.0. The van der Waals surface area contributed by atoms with Gasteiger partial charge in [-0.1, -0.05) is 18.7 Å². The SMILES string of the molecule is C=c1cc(C)c2c(c1)Oc1c(ccc3cc(N(CC)CC)ccc13)N=2. The lowest BCUT2D eigenvalue weighted by Crippen LogP contribution is -2.21. The molecule has 0 spiro atoms. The number of fused-ring (bicyclic) bond motifs is 4. The van der Waals surface area contributed by atoms with E-state index >= 15 is 0 Å². The Kier molecular flexibility index (Phi) is 3.72. The minimum absolute atomic E-state index is 0.790. The number of rotatable bonds is 3. The highest BCUT2D eigenvalue weighted by Crippen LogP contribution is 2.41. The van der Waals surface area contributed by atoms with E-state index in [9.17, 15) is 0 Å². The summed E-state index contributed by atoms with van der Waals surface area (Å²) in [6.45, 7) is 12.4. The van der Waals surface area contributed by atoms with Gasteiger partial charge in [0.1, 0.15) is 11.0 Å². The van der Waals surface area contributed by atoms with Crippen LogP contribution in [0.3, 0.4) is 0 Å². The summed E-state index contributed by atoms with van der Waals surface area (Å²) < 4.78 is 6.26. The summed E-state index contributed by atoms with van der Waals surface area (Å²) in [5.74, 6) is 1.62. The summed E-state index contributed by atoms with van der Waals surface area (Å²) in [5, 5.41) is 4.11. The molecule has 0 saturated heterocycles. The molecule has 3 aromatic rings. The second-order valence-corrected chi connectivity index (χ2v) is 6.46. The van der Waals surface area contributed by atoms with E-state index in [1.54, 1.807) is 0 Å². The molecule has 0 atom stereocenters. The molecule has 0 amide bonds. The number of benzene rings is 3. The molecule has 0 radical (unpaired) electrons. The van der Waals surface area contributed by atoms with Gasteiger partial charge in [-0.25, -0.2) is 4.99 Å². The smallest absolute Gasteiger partial charge is 0.160 e. The molecule has 0 aromatic heterocycles. The van der Waals surface area contributed by atoms with E-state index in [-0.39, 0.29) is 0 Å². The van der Waals surface area contributed by atoms with Crippen LogP contribution in [-0.2, 0) is 0 Å². The van der Waals surface area contributed by atoms with Crippen LogP contribution < -0.4 is 20.2 Å². The van der Waals surface area contributed by atoms with Crippen molar-refractivity contribution in [2.45, 2.75) is 20.8 Å². The maximum Gasteiger partial charge on any atom is 0.160 e. The van der Waals surface area contributed by atoms with Crippen molar-refractivity contribution in [1.29, 1.82) is 0 Å². The van der Waals surface area contributed by atoms with E-state index in [0.717, 1.165) is 51.8 Å². The van der Waals surface area contributed by atoms with Gasteiger partial charge in [-0.15, -0.1) is 0 Å². The summed E-state index contributed by atoms with van der Waals surface area (Å²) in [7, 11) is 0. The van der Waals surface area contributed by atoms with Crippen LogP contribution in [0.1, 0.15) is 19.4 Å². The van der Waals surface area contributed by atoms with Gasteiger partial charge in [0, 0.05) is 24.2 Å². The van der Waals surface area contributed by atoms with Crippen molar-refractivity contribution >= 4 is 28.7 Å². The van der Waals surface area contributed by atoms with Crippen LogP contribution in [0, 0.1) is 6.92 Å². The molecule has 1 heterocycles. The molecule has 126 valence electrons. The zero-order chi connectivity index (χ0) is 17.6. The van der Waals surface area contributed by atoms with Crippen LogP contribution in [0.5, 0.6) is 11.5 Å². The number of hydrogen-bond donors (Lipinski definition) is 0. The Balaban J connectivity index is 1.91. The summed E-state index contributed by atoms with van der Waals surface area (Å²) in [6, 6.07) is 14.7. The molecule has 0 aliphatic carbocycles. The van der Waals surface area contributed by atoms with Crippen molar-refractivity contribution in [2.75, 3.05) is 18.0 Å². The fourth-order valence-electron chi connectivity index (χ4n) is 3.53. The maximum atomic E-state index is 6.26. The van der Waals surface area contributed by atoms with Crippen molar-refractivity contribution < 1.29 is 4.74 Å². The van der Waals surface area contributed by atoms with Crippen molar-refractivity contribution in [3.63, 3.8) is 0 Å². The average Bonchev–Trinajstić information content (AvgIpc) is 2.61. The Labute approximate surface area is 147 Å². The fourth-order valence-corrected chi connectivity index (χ4v) is 3.53. The Bertz CT molecular complexity index is 1080. The molecule has 0 fully saturated rings. The third kappa shape index (κ3) is 2.56. The summed E-state index contributed by atoms with van der Waals surface area (Å²) in [6.07, 6.45) is 0. The first-order valence-corrected chi connectivity index (χ1v) is 8.78. The molecule has 0 bridgehead atoms. The van der Waals surface area contributed by atoms with Crippen molar-refractivity contribution in [1.82, 2.24) is 0 Å². The molecule has 3 heteroatoms. The van der Waals surface area contributed by atoms with Crippen molar-refractivity contribution in [3.05, 3.63) is 58.6 Å². The zero-order valence-electron chi connectivity index (χ0n) is 15.0. The van der Waals surface area contributed by atoms with E-state index in [1.165, 1.54) is 11.1 Å². The normalized spacial score (nSPS) is 12.1. The average molecular weight is 330 g/mol. The van der Waals surface area contributed by atoms with Crippen molar-refractivity contribution in [2.24, 2.45) is 4.99 Å². The van der Waals surface area contributed by atoms with Gasteiger partial charge >= 0.3 is 0 Å². The van der Waals surface area contributed by atoms with Gasteiger partial charge in [0.25, 0.3) is 0 Å². The van der Waals surface area contributed by atoms with Gasteiger partial charge < -0.3 is 9.64 Å². The molecule has 4 rings (SSSR count). The lowest BCUT2D eigenvalue weighted by atomic mass is 10.1. The van der Waals surface area contributed by atoms with Crippen LogP contribution in [-0.4, -0.2) is 13.1 Å². The largest absolute Gasteiger partial charge is 0.452 e. The monoisotopic (exact) mass is 330 g/mol. The fraction of sp³-hybridized carbons (Fsp3) is 0.227. The lowest BCUT2D eigenvalue weighted by molar-refractivity contribution is 0.474. The Morgan fingerprint density at radius 2 is 1.84 bits per heavy atom. The maximum absolute atomic E-state index is 6.26. The minimum Gasteiger partial charge on any atom is -0.452 e. The van der Waals surface area contributed by atoms with E-state index in [0.29, 0.717) is 0 Å². The highest BCUT2D eigenvalue weighted by molar-refractivity contribution is 5.95. The first-order chi connectivity index (χ1) is 12.1. The number of hydrogen-bond acceptors (Lipinski definition) is 3. The molecular formula is C22H22N2O. The van der Waals surface area contributed by atoms with Gasteiger partial charge in [-0.2, -0.15) is 0 Å². The molecule has 0 N–H and O–H groups in total. The second-order valence-electron chi connectivity index (χ2n) is 6.46. The predicted octanol–water partition coefficient (Wildman–Crippen LogP) is 4.46. The molecular weight excluding hydrogens is 308 g/mol. The Morgan fingerprint density at radius 1 is 1.04 bits per heavy atom. The third-order valence-electron chi connectivity index (χ3n) is 4.83. The summed E-state index contributed by atoms with van der Waals surface area (Å²) in [4.78, 5) is 7.17. The number of nitrogens with zero attached hydrogens (tertiary/aromatic N) is 2. The van der Waals surface area contributed by atoms with E-state index in [4.69, 9.17) is 9.73 Å². The topological polar surface area (TPSA) is 24.8 Å². The number of aryl methyl sites for hydroxylation is 1. The van der Waals surface area contributed by atoms with Crippen LogP contribution in [0.2, 0.25) is 0 Å². The number of ether oxygens (including phenoxy) is 1. The summed E-state index contributed by atoms with van der Waals surface area (Å²) in [5.41, 5.74) is 3.21. The van der Waals surface area contributed by atoms with Gasteiger partial charge in [-0.05, 0) is 67.3 Å². The predicted molar refractivity (Wildman–Crippen MR) is 105 cm³/mol. The van der Waals surface area contributed by atoms with Crippen LogP contribution in [0.25, 0.3) is 17.4 Å². The third-order valence-corrected chi connectivity index (χ3v) is 4.83. The minimum atomic E-state index is 0.790. The van der Waals surface area contributed by atoms with E-state index in [1.807, 2.05) is 25.1 Å². The Morgan fingerprint density at radius 3 is 2.60 bits per heavy atom. The first kappa shape index (κ1) is 15.7. The van der Waals surface area contributed by atoms with Crippen LogP contribution in [0.4, 0.5) is 11.4 Å². The molecule has 0 unspecified atom stereocenters. The van der Waals surface area contributed by atoms with Gasteiger partial charge in [0.2, 0.25) is 0 Å². The lowest BCUT2D eigenvalue weighted by Gasteiger charge is -2.22. The van der Waals surface area contributed by atoms with Gasteiger partial charge in [-0.3, -0.25) is 0 Å². The van der Waals surface area contributed by atoms with Gasteiger partial charge in [0.15, 0.2) is 11.5 Å². The molecule has 25 heavy (non-hydrogen) atoms. The highest BCUT2D eigenvalue weighted by Gasteiger charge is 2.17. The van der Waals surface area contributed by atoms with E-state index < -0.39 is 0 Å². The van der Waals surface area contributed by atoms with Gasteiger partial charge in [0.05, 0.1) is 0 Å². The second kappa shape index (κ2) is 5.92. The quantitative estimate of drug-likeness (QED) is 0.554. The highest BCUT2D eigenvalue weighted by atomic mass is 16.5. The van der Waals surface area contributed by atoms with E-state index in [2.05, 4.69) is 49.6 Å². The van der Waals surface area contributed by atoms with Crippen molar-refractivity contribution in [3.8, 4) is 11.5 Å². The molecule has 0 saturated carbocycles. The van der Waals surface area contributed by atoms with Crippen LogP contribution >= 0.6 is 0 Å². The molecule has 3 nitrogen and oxygen atoms in total. The summed E-state index contributed by atoms with van der Waals surface area (Å²) >= 11 is 0. The van der Waals surface area contributed by atoms with Crippen LogP contribution in [0.15, 0.2) is 47.5 Å². The molecule has 1 aliphatic rings. The molecule has 3 aromatic carbocycles. The number of anilines is 1. The molecule has 1 aliphatic heterocycles.